The molecular formula is C18H19Cl2N5O. The fourth-order valence-corrected chi connectivity index (χ4v) is 2.91. The van der Waals surface area contributed by atoms with Crippen molar-refractivity contribution in [1.29, 1.82) is 0 Å². The van der Waals surface area contributed by atoms with Gasteiger partial charge in [-0.05, 0) is 26.3 Å². The first-order valence-corrected chi connectivity index (χ1v) is 9.00. The molecule has 0 radical (unpaired) electrons. The first-order chi connectivity index (χ1) is 12.5. The maximum atomic E-state index is 12.2. The van der Waals surface area contributed by atoms with Gasteiger partial charge >= 0.3 is 0 Å². The summed E-state index contributed by atoms with van der Waals surface area (Å²) in [5, 5.41) is 15.0. The van der Waals surface area contributed by atoms with E-state index in [1.807, 2.05) is 31.2 Å². The van der Waals surface area contributed by atoms with Gasteiger partial charge < -0.3 is 5.32 Å². The second kappa shape index (κ2) is 7.93. The van der Waals surface area contributed by atoms with Crippen LogP contribution in [0.2, 0.25) is 10.2 Å². The Morgan fingerprint density at radius 3 is 2.62 bits per heavy atom. The molecule has 2 N–H and O–H groups in total. The van der Waals surface area contributed by atoms with Gasteiger partial charge in [-0.25, -0.2) is 0 Å². The van der Waals surface area contributed by atoms with Gasteiger partial charge in [0, 0.05) is 18.7 Å². The molecule has 136 valence electrons. The van der Waals surface area contributed by atoms with Crippen LogP contribution in [0.3, 0.4) is 0 Å². The molecule has 0 aliphatic rings. The van der Waals surface area contributed by atoms with Crippen LogP contribution in [0.15, 0.2) is 30.3 Å². The van der Waals surface area contributed by atoms with Crippen molar-refractivity contribution in [3.05, 3.63) is 57.5 Å². The van der Waals surface area contributed by atoms with Gasteiger partial charge in [-0.2, -0.15) is 10.2 Å². The number of hydrogen-bond acceptors (Lipinski definition) is 3. The maximum Gasteiger partial charge on any atom is 0.269 e. The van der Waals surface area contributed by atoms with Crippen molar-refractivity contribution in [1.82, 2.24) is 25.3 Å². The van der Waals surface area contributed by atoms with E-state index in [1.54, 1.807) is 17.7 Å². The zero-order valence-corrected chi connectivity index (χ0v) is 16.0. The third-order valence-electron chi connectivity index (χ3n) is 4.00. The summed E-state index contributed by atoms with van der Waals surface area (Å²) < 4.78 is 1.64. The average Bonchev–Trinajstić information content (AvgIpc) is 3.21. The van der Waals surface area contributed by atoms with Crippen LogP contribution in [-0.2, 0) is 6.54 Å². The molecule has 3 aromatic rings. The van der Waals surface area contributed by atoms with Gasteiger partial charge in [-0.1, -0.05) is 53.0 Å². The standard InChI is InChI=1S/C18H19Cl2N5O/c1-11-4-6-13(7-5-11)14-10-15(23-22-14)18(26)21-8-3-9-25-17(20)16(19)12(2)24-25/h4-7,10H,3,8-9H2,1-2H3,(H,21,26)(H,22,23). The minimum Gasteiger partial charge on any atom is -0.351 e. The second-order valence-corrected chi connectivity index (χ2v) is 6.79. The Hall–Kier alpha value is -2.31. The Bertz CT molecular complexity index is 914. The quantitative estimate of drug-likeness (QED) is 0.623. The number of carbonyl (C=O) groups is 1. The number of aryl methyl sites for hydroxylation is 3. The lowest BCUT2D eigenvalue weighted by molar-refractivity contribution is 0.0947. The number of hydrogen-bond donors (Lipinski definition) is 2. The number of halogens is 2. The van der Waals surface area contributed by atoms with E-state index in [0.29, 0.717) is 41.1 Å². The molecule has 0 saturated carbocycles. The number of benzene rings is 1. The summed E-state index contributed by atoms with van der Waals surface area (Å²) >= 11 is 12.1. The molecule has 2 aromatic heterocycles. The van der Waals surface area contributed by atoms with E-state index in [0.717, 1.165) is 11.3 Å². The van der Waals surface area contributed by atoms with Gasteiger partial charge in [-0.3, -0.25) is 14.6 Å². The van der Waals surface area contributed by atoms with Crippen LogP contribution in [0.5, 0.6) is 0 Å². The van der Waals surface area contributed by atoms with Crippen molar-refractivity contribution in [2.45, 2.75) is 26.8 Å². The molecule has 0 fully saturated rings. The third-order valence-corrected chi connectivity index (χ3v) is 4.93. The van der Waals surface area contributed by atoms with Gasteiger partial charge in [0.1, 0.15) is 15.9 Å². The Kier molecular flexibility index (Phi) is 5.64. The first-order valence-electron chi connectivity index (χ1n) is 8.25. The number of rotatable bonds is 6. The van der Waals surface area contributed by atoms with Crippen molar-refractivity contribution in [2.24, 2.45) is 0 Å². The molecular weight excluding hydrogens is 373 g/mol. The summed E-state index contributed by atoms with van der Waals surface area (Å²) in [5.74, 6) is -0.198. The van der Waals surface area contributed by atoms with E-state index < -0.39 is 0 Å². The molecule has 0 aliphatic heterocycles. The molecule has 0 saturated heterocycles. The van der Waals surface area contributed by atoms with Crippen LogP contribution in [0.4, 0.5) is 0 Å². The van der Waals surface area contributed by atoms with Gasteiger partial charge in [0.15, 0.2) is 0 Å². The Balaban J connectivity index is 1.52. The molecule has 0 bridgehead atoms. The number of aromatic amines is 1. The fourth-order valence-electron chi connectivity index (χ4n) is 2.52. The molecule has 0 atom stereocenters. The van der Waals surface area contributed by atoms with Crippen LogP contribution in [0.25, 0.3) is 11.3 Å². The van der Waals surface area contributed by atoms with Gasteiger partial charge in [0.2, 0.25) is 0 Å². The highest BCUT2D eigenvalue weighted by Gasteiger charge is 2.12. The Morgan fingerprint density at radius 1 is 1.23 bits per heavy atom. The van der Waals surface area contributed by atoms with Crippen LogP contribution >= 0.6 is 23.2 Å². The maximum absolute atomic E-state index is 12.2. The molecule has 2 heterocycles. The molecule has 0 aliphatic carbocycles. The lowest BCUT2D eigenvalue weighted by Crippen LogP contribution is -2.25. The summed E-state index contributed by atoms with van der Waals surface area (Å²) in [6.45, 7) is 4.89. The minimum atomic E-state index is -0.198. The number of aromatic nitrogens is 4. The molecule has 26 heavy (non-hydrogen) atoms. The molecule has 6 nitrogen and oxygen atoms in total. The van der Waals surface area contributed by atoms with E-state index in [9.17, 15) is 4.79 Å². The number of amides is 1. The van der Waals surface area contributed by atoms with Crippen LogP contribution in [0, 0.1) is 13.8 Å². The summed E-state index contributed by atoms with van der Waals surface area (Å²) in [6.07, 6.45) is 0.682. The van der Waals surface area contributed by atoms with E-state index in [-0.39, 0.29) is 5.91 Å². The molecule has 0 spiro atoms. The predicted octanol–water partition coefficient (Wildman–Crippen LogP) is 4.02. The van der Waals surface area contributed by atoms with Crippen molar-refractivity contribution >= 4 is 29.1 Å². The van der Waals surface area contributed by atoms with Gasteiger partial charge in [0.25, 0.3) is 5.91 Å². The van der Waals surface area contributed by atoms with Crippen molar-refractivity contribution in [2.75, 3.05) is 6.54 Å². The smallest absolute Gasteiger partial charge is 0.269 e. The summed E-state index contributed by atoms with van der Waals surface area (Å²) in [4.78, 5) is 12.2. The minimum absolute atomic E-state index is 0.198. The lowest BCUT2D eigenvalue weighted by atomic mass is 10.1. The Morgan fingerprint density at radius 2 is 1.96 bits per heavy atom. The predicted molar refractivity (Wildman–Crippen MR) is 103 cm³/mol. The first kappa shape index (κ1) is 18.5. The second-order valence-electron chi connectivity index (χ2n) is 6.06. The molecule has 0 unspecified atom stereocenters. The highest BCUT2D eigenvalue weighted by atomic mass is 35.5. The number of nitrogens with one attached hydrogen (secondary N) is 2. The SMILES string of the molecule is Cc1ccc(-c2cc(C(=O)NCCCn3nc(C)c(Cl)c3Cl)[nH]n2)cc1. The molecule has 3 rings (SSSR count). The van der Waals surface area contributed by atoms with E-state index >= 15 is 0 Å². The number of nitrogens with zero attached hydrogens (tertiary/aromatic N) is 3. The average molecular weight is 392 g/mol. The number of carbonyl (C=O) groups excluding carboxylic acids is 1. The third kappa shape index (κ3) is 4.08. The van der Waals surface area contributed by atoms with E-state index in [2.05, 4.69) is 20.6 Å². The zero-order chi connectivity index (χ0) is 18.7. The summed E-state index contributed by atoms with van der Waals surface area (Å²) in [5.41, 5.74) is 4.00. The molecule has 1 aromatic carbocycles. The van der Waals surface area contributed by atoms with Crippen molar-refractivity contribution in [3.8, 4) is 11.3 Å². The van der Waals surface area contributed by atoms with Gasteiger partial charge in [0.05, 0.1) is 11.4 Å². The zero-order valence-electron chi connectivity index (χ0n) is 14.5. The highest BCUT2D eigenvalue weighted by Crippen LogP contribution is 2.24. The van der Waals surface area contributed by atoms with E-state index in [4.69, 9.17) is 23.2 Å². The van der Waals surface area contributed by atoms with Crippen LogP contribution < -0.4 is 5.32 Å². The largest absolute Gasteiger partial charge is 0.351 e. The summed E-state index contributed by atoms with van der Waals surface area (Å²) in [6, 6.07) is 9.73. The van der Waals surface area contributed by atoms with Crippen LogP contribution in [-0.4, -0.2) is 32.4 Å². The van der Waals surface area contributed by atoms with Crippen LogP contribution in [0.1, 0.15) is 28.2 Å². The van der Waals surface area contributed by atoms with Crippen molar-refractivity contribution < 1.29 is 4.79 Å². The fraction of sp³-hybridized carbons (Fsp3) is 0.278. The topological polar surface area (TPSA) is 75.6 Å². The lowest BCUT2D eigenvalue weighted by Gasteiger charge is -2.05. The number of H-pyrrole nitrogens is 1. The Labute approximate surface area is 161 Å². The van der Waals surface area contributed by atoms with E-state index in [1.165, 1.54) is 5.56 Å². The van der Waals surface area contributed by atoms with Gasteiger partial charge in [-0.15, -0.1) is 0 Å². The monoisotopic (exact) mass is 391 g/mol. The normalized spacial score (nSPS) is 10.9. The van der Waals surface area contributed by atoms with Crippen molar-refractivity contribution in [3.63, 3.8) is 0 Å². The highest BCUT2D eigenvalue weighted by molar-refractivity contribution is 6.41. The molecule has 8 heteroatoms. The summed E-state index contributed by atoms with van der Waals surface area (Å²) in [7, 11) is 0. The molecule has 1 amide bonds.